The molecule has 0 radical (unpaired) electrons. The lowest BCUT2D eigenvalue weighted by Gasteiger charge is -2.01. The summed E-state index contributed by atoms with van der Waals surface area (Å²) in [5.41, 5.74) is 0.844. The predicted molar refractivity (Wildman–Crippen MR) is 53.6 cm³/mol. The third-order valence-corrected chi connectivity index (χ3v) is 1.86. The fourth-order valence-electron chi connectivity index (χ4n) is 1.07. The average Bonchev–Trinajstić information content (AvgIpc) is 2.69. The van der Waals surface area contributed by atoms with E-state index in [0.29, 0.717) is 11.8 Å². The summed E-state index contributed by atoms with van der Waals surface area (Å²) in [5, 5.41) is 0. The molecule has 0 aromatic carbocycles. The molecule has 0 fully saturated rings. The number of nitrogens with zero attached hydrogens (tertiary/aromatic N) is 2. The van der Waals surface area contributed by atoms with Gasteiger partial charge in [0.15, 0.2) is 5.82 Å². The van der Waals surface area contributed by atoms with Crippen LogP contribution in [0.2, 0.25) is 0 Å². The Kier molecular flexibility index (Phi) is 2.28. The van der Waals surface area contributed by atoms with E-state index >= 15 is 0 Å². The summed E-state index contributed by atoms with van der Waals surface area (Å²) < 4.78 is 5.20. The smallest absolute Gasteiger partial charge is 0.297 e. The molecule has 0 aliphatic carbocycles. The van der Waals surface area contributed by atoms with E-state index in [0.717, 1.165) is 5.69 Å². The van der Waals surface area contributed by atoms with Gasteiger partial charge in [-0.2, -0.15) is 9.97 Å². The highest BCUT2D eigenvalue weighted by molar-refractivity contribution is 7.71. The monoisotopic (exact) mass is 208 g/mol. The molecular formula is C8H8N4OS. The Balaban J connectivity index is 2.54. The topological polar surface area (TPSA) is 66.6 Å². The number of nitrogens with one attached hydrogen (secondary N) is 2. The Morgan fingerprint density at radius 3 is 2.93 bits per heavy atom. The van der Waals surface area contributed by atoms with Crippen molar-refractivity contribution in [3.8, 4) is 17.5 Å². The molecule has 2 heterocycles. The Labute approximate surface area is 85.2 Å². The number of methoxy groups -OCH3 is 1. The van der Waals surface area contributed by atoms with Crippen LogP contribution in [0.3, 0.4) is 0 Å². The summed E-state index contributed by atoms with van der Waals surface area (Å²) >= 11 is 4.89. The highest BCUT2D eigenvalue weighted by Crippen LogP contribution is 2.12. The first-order valence-corrected chi connectivity index (χ1v) is 4.36. The molecule has 0 saturated heterocycles. The van der Waals surface area contributed by atoms with Crippen LogP contribution in [-0.4, -0.2) is 27.0 Å². The molecule has 2 N–H and O–H groups in total. The maximum absolute atomic E-state index is 4.95. The molecule has 2 aromatic heterocycles. The van der Waals surface area contributed by atoms with Gasteiger partial charge in [0.25, 0.3) is 6.01 Å². The molecule has 0 spiro atoms. The van der Waals surface area contributed by atoms with Crippen molar-refractivity contribution in [3.05, 3.63) is 23.1 Å². The summed E-state index contributed by atoms with van der Waals surface area (Å²) in [6.07, 6.45) is 1.81. The number of H-pyrrole nitrogens is 2. The van der Waals surface area contributed by atoms with Crippen molar-refractivity contribution in [2.24, 2.45) is 0 Å². The molecular weight excluding hydrogens is 200 g/mol. The third kappa shape index (κ3) is 1.64. The third-order valence-electron chi connectivity index (χ3n) is 1.68. The summed E-state index contributed by atoms with van der Waals surface area (Å²) in [6.45, 7) is 0. The second-order valence-electron chi connectivity index (χ2n) is 2.57. The molecule has 0 aliphatic heterocycles. The molecule has 2 rings (SSSR count). The minimum absolute atomic E-state index is 0.255. The number of hydrogen-bond acceptors (Lipinski definition) is 4. The van der Waals surface area contributed by atoms with Gasteiger partial charge in [-0.15, -0.1) is 0 Å². The van der Waals surface area contributed by atoms with E-state index in [1.165, 1.54) is 7.11 Å². The first-order chi connectivity index (χ1) is 6.79. The fourth-order valence-corrected chi connectivity index (χ4v) is 1.24. The lowest BCUT2D eigenvalue weighted by Crippen LogP contribution is -1.97. The van der Waals surface area contributed by atoms with Crippen LogP contribution >= 0.6 is 12.2 Å². The van der Waals surface area contributed by atoms with E-state index in [-0.39, 0.29) is 4.77 Å². The molecule has 5 nitrogen and oxygen atoms in total. The summed E-state index contributed by atoms with van der Waals surface area (Å²) in [5.74, 6) is 0.617. The molecule has 0 saturated carbocycles. The van der Waals surface area contributed by atoms with Gasteiger partial charge >= 0.3 is 0 Å². The van der Waals surface area contributed by atoms with Crippen molar-refractivity contribution in [2.75, 3.05) is 7.11 Å². The van der Waals surface area contributed by atoms with Crippen LogP contribution in [0.1, 0.15) is 0 Å². The van der Waals surface area contributed by atoms with Crippen molar-refractivity contribution in [1.82, 2.24) is 19.9 Å². The van der Waals surface area contributed by atoms with E-state index in [1.807, 2.05) is 12.1 Å². The van der Waals surface area contributed by atoms with Crippen molar-refractivity contribution >= 4 is 12.2 Å². The largest absolute Gasteiger partial charge is 0.468 e. The molecule has 2 aromatic rings. The standard InChI is InChI=1S/C8H8N4OS/c1-13-7-10-6(11-8(14)12-7)5-3-2-4-9-5/h2-4,9H,1H3,(H,10,11,12,14). The van der Waals surface area contributed by atoms with Crippen LogP contribution in [0.5, 0.6) is 6.01 Å². The van der Waals surface area contributed by atoms with Crippen LogP contribution in [0, 0.1) is 4.77 Å². The first-order valence-electron chi connectivity index (χ1n) is 3.95. The van der Waals surface area contributed by atoms with Gasteiger partial charge in [0.2, 0.25) is 4.77 Å². The van der Waals surface area contributed by atoms with Gasteiger partial charge in [-0.25, -0.2) is 0 Å². The molecule has 0 unspecified atom stereocenters. The summed E-state index contributed by atoms with van der Waals surface area (Å²) in [7, 11) is 1.52. The minimum atomic E-state index is 0.255. The Morgan fingerprint density at radius 2 is 2.29 bits per heavy atom. The number of hydrogen-bond donors (Lipinski definition) is 2. The fraction of sp³-hybridized carbons (Fsp3) is 0.125. The molecule has 72 valence electrons. The Morgan fingerprint density at radius 1 is 1.43 bits per heavy atom. The Bertz CT molecular complexity index is 476. The lowest BCUT2D eigenvalue weighted by molar-refractivity contribution is 0.378. The molecule has 0 amide bonds. The maximum Gasteiger partial charge on any atom is 0.297 e. The van der Waals surface area contributed by atoms with Crippen LogP contribution in [0.25, 0.3) is 11.5 Å². The minimum Gasteiger partial charge on any atom is -0.468 e. The number of ether oxygens (including phenoxy) is 1. The van der Waals surface area contributed by atoms with E-state index in [9.17, 15) is 0 Å². The zero-order valence-electron chi connectivity index (χ0n) is 7.44. The first kappa shape index (κ1) is 8.89. The van der Waals surface area contributed by atoms with E-state index in [4.69, 9.17) is 17.0 Å². The summed E-state index contributed by atoms with van der Waals surface area (Å²) in [4.78, 5) is 13.8. The van der Waals surface area contributed by atoms with Crippen LogP contribution in [-0.2, 0) is 0 Å². The molecule has 0 aliphatic rings. The van der Waals surface area contributed by atoms with Gasteiger partial charge in [-0.05, 0) is 24.4 Å². The SMILES string of the molecule is COc1nc(=S)nc(-c2ccc[nH]2)[nH]1. The number of aromatic nitrogens is 4. The van der Waals surface area contributed by atoms with Crippen molar-refractivity contribution in [1.29, 1.82) is 0 Å². The second kappa shape index (κ2) is 3.59. The lowest BCUT2D eigenvalue weighted by atomic mass is 10.4. The zero-order valence-corrected chi connectivity index (χ0v) is 8.26. The van der Waals surface area contributed by atoms with E-state index in [2.05, 4.69) is 19.9 Å². The van der Waals surface area contributed by atoms with Gasteiger partial charge in [0.1, 0.15) is 0 Å². The average molecular weight is 208 g/mol. The van der Waals surface area contributed by atoms with E-state index < -0.39 is 0 Å². The van der Waals surface area contributed by atoms with Crippen LogP contribution in [0.15, 0.2) is 18.3 Å². The van der Waals surface area contributed by atoms with Crippen molar-refractivity contribution in [3.63, 3.8) is 0 Å². The highest BCUT2D eigenvalue weighted by Gasteiger charge is 2.03. The normalized spacial score (nSPS) is 10.1. The van der Waals surface area contributed by atoms with Crippen molar-refractivity contribution in [2.45, 2.75) is 0 Å². The highest BCUT2D eigenvalue weighted by atomic mass is 32.1. The van der Waals surface area contributed by atoms with Gasteiger partial charge in [-0.1, -0.05) is 0 Å². The van der Waals surface area contributed by atoms with Gasteiger partial charge in [0, 0.05) is 6.20 Å². The van der Waals surface area contributed by atoms with Gasteiger partial charge in [0.05, 0.1) is 12.8 Å². The molecule has 6 heteroatoms. The number of aromatic amines is 2. The number of rotatable bonds is 2. The van der Waals surface area contributed by atoms with Crippen LogP contribution in [0.4, 0.5) is 0 Å². The molecule has 14 heavy (non-hydrogen) atoms. The molecule has 0 bridgehead atoms. The van der Waals surface area contributed by atoms with Crippen molar-refractivity contribution < 1.29 is 4.74 Å². The van der Waals surface area contributed by atoms with Gasteiger partial charge in [-0.3, -0.25) is 4.98 Å². The quantitative estimate of drug-likeness (QED) is 0.734. The van der Waals surface area contributed by atoms with Gasteiger partial charge < -0.3 is 9.72 Å². The second-order valence-corrected chi connectivity index (χ2v) is 2.94. The molecule has 0 atom stereocenters. The van der Waals surface area contributed by atoms with E-state index in [1.54, 1.807) is 6.20 Å². The Hall–Kier alpha value is -1.69. The summed E-state index contributed by atoms with van der Waals surface area (Å²) in [6, 6.07) is 4.11. The maximum atomic E-state index is 4.95. The predicted octanol–water partition coefficient (Wildman–Crippen LogP) is 1.54. The zero-order chi connectivity index (χ0) is 9.97. The van der Waals surface area contributed by atoms with Crippen LogP contribution < -0.4 is 4.74 Å².